The number of aliphatic hydroxyl groups excluding tert-OH is 1. The number of rotatable bonds is 4. The molecule has 1 N–H and O–H groups in total. The molecule has 2 rings (SSSR count). The second-order valence-corrected chi connectivity index (χ2v) is 8.04. The Kier molecular flexibility index (Phi) is 5.25. The molecule has 1 aliphatic heterocycles. The van der Waals surface area contributed by atoms with Gasteiger partial charge in [0, 0.05) is 55.6 Å². The second kappa shape index (κ2) is 6.65. The molecule has 4 heteroatoms. The molecule has 1 aromatic rings. The number of piperazine rings is 1. The van der Waals surface area contributed by atoms with E-state index in [1.165, 1.54) is 5.56 Å². The van der Waals surface area contributed by atoms with Gasteiger partial charge in [0.05, 0.1) is 6.61 Å². The number of hydrogen-bond acceptors (Lipinski definition) is 4. The van der Waals surface area contributed by atoms with Crippen molar-refractivity contribution < 1.29 is 5.11 Å². The van der Waals surface area contributed by atoms with E-state index in [0.29, 0.717) is 0 Å². The summed E-state index contributed by atoms with van der Waals surface area (Å²) in [5.41, 5.74) is 2.64. The molecule has 1 aliphatic rings. The number of aliphatic hydroxyl groups is 1. The summed E-state index contributed by atoms with van der Waals surface area (Å²) in [4.78, 5) is 9.49. The van der Waals surface area contributed by atoms with Crippen LogP contribution in [0.2, 0.25) is 0 Å². The molecule has 124 valence electrons. The van der Waals surface area contributed by atoms with Gasteiger partial charge in [-0.2, -0.15) is 0 Å². The van der Waals surface area contributed by atoms with Gasteiger partial charge in [0.25, 0.3) is 0 Å². The number of β-amino-alcohol motifs (C(OH)–C–C–N with tert-alkyl or cyclic N) is 1. The van der Waals surface area contributed by atoms with Crippen LogP contribution in [-0.4, -0.2) is 58.2 Å². The molecule has 0 saturated carbocycles. The Balaban J connectivity index is 1.97. The Hall–Kier alpha value is -0.970. The van der Waals surface area contributed by atoms with Gasteiger partial charge < -0.3 is 5.11 Å². The minimum atomic E-state index is 0.108. The van der Waals surface area contributed by atoms with Gasteiger partial charge in [-0.3, -0.25) is 14.8 Å². The fourth-order valence-electron chi connectivity index (χ4n) is 3.18. The lowest BCUT2D eigenvalue weighted by atomic mass is 9.91. The van der Waals surface area contributed by atoms with Crippen molar-refractivity contribution in [2.45, 2.75) is 52.1 Å². The van der Waals surface area contributed by atoms with Crippen molar-refractivity contribution in [2.75, 3.05) is 32.8 Å². The van der Waals surface area contributed by atoms with Crippen LogP contribution in [-0.2, 0) is 12.0 Å². The summed E-state index contributed by atoms with van der Waals surface area (Å²) in [6, 6.07) is 4.36. The maximum atomic E-state index is 9.18. The summed E-state index contributed by atoms with van der Waals surface area (Å²) in [5.74, 6) is 0. The van der Waals surface area contributed by atoms with Gasteiger partial charge in [0.2, 0.25) is 0 Å². The fraction of sp³-hybridized carbons (Fsp3) is 0.722. The van der Waals surface area contributed by atoms with Gasteiger partial charge in [0.1, 0.15) is 0 Å². The highest BCUT2D eigenvalue weighted by molar-refractivity contribution is 5.19. The molecule has 0 atom stereocenters. The zero-order valence-corrected chi connectivity index (χ0v) is 14.8. The predicted molar refractivity (Wildman–Crippen MR) is 91.0 cm³/mol. The number of nitrogens with zero attached hydrogens (tertiary/aromatic N) is 3. The molecule has 4 nitrogen and oxygen atoms in total. The number of pyridine rings is 1. The van der Waals surface area contributed by atoms with E-state index < -0.39 is 0 Å². The molecular formula is C18H31N3O. The summed E-state index contributed by atoms with van der Waals surface area (Å²) < 4.78 is 0. The first-order valence-electron chi connectivity index (χ1n) is 8.26. The van der Waals surface area contributed by atoms with Crippen LogP contribution in [0.5, 0.6) is 0 Å². The van der Waals surface area contributed by atoms with E-state index in [0.717, 1.165) is 38.4 Å². The Morgan fingerprint density at radius 2 is 1.95 bits per heavy atom. The summed E-state index contributed by atoms with van der Waals surface area (Å²) in [5, 5.41) is 9.18. The average Bonchev–Trinajstić information content (AvgIpc) is 2.41. The SMILES string of the molecule is CC(C)(C)c1ccc(CN2CCN(CCO)C(C)(C)C2)cn1. The molecule has 1 saturated heterocycles. The summed E-state index contributed by atoms with van der Waals surface area (Å²) in [7, 11) is 0. The van der Waals surface area contributed by atoms with Crippen LogP contribution < -0.4 is 0 Å². The smallest absolute Gasteiger partial charge is 0.0558 e. The van der Waals surface area contributed by atoms with Crippen molar-refractivity contribution in [2.24, 2.45) is 0 Å². The van der Waals surface area contributed by atoms with E-state index >= 15 is 0 Å². The number of hydrogen-bond donors (Lipinski definition) is 1. The Morgan fingerprint density at radius 1 is 1.23 bits per heavy atom. The van der Waals surface area contributed by atoms with E-state index in [2.05, 4.69) is 61.5 Å². The standard InChI is InChI=1S/C18H31N3O/c1-17(2,3)16-7-6-15(12-19-16)13-20-8-9-21(10-11-22)18(4,5)14-20/h6-7,12,22H,8-11,13-14H2,1-5H3. The molecule has 0 unspecified atom stereocenters. The van der Waals surface area contributed by atoms with Crippen molar-refractivity contribution in [1.82, 2.24) is 14.8 Å². The maximum absolute atomic E-state index is 9.18. The summed E-state index contributed by atoms with van der Waals surface area (Å²) in [6.45, 7) is 16.1. The number of aromatic nitrogens is 1. The third-order valence-corrected chi connectivity index (χ3v) is 4.52. The van der Waals surface area contributed by atoms with Crippen LogP contribution in [0.3, 0.4) is 0 Å². The van der Waals surface area contributed by atoms with Crippen LogP contribution in [0, 0.1) is 0 Å². The molecule has 0 bridgehead atoms. The van der Waals surface area contributed by atoms with E-state index in [4.69, 9.17) is 0 Å². The normalized spacial score (nSPS) is 20.3. The minimum absolute atomic E-state index is 0.108. The lowest BCUT2D eigenvalue weighted by molar-refractivity contribution is 0.00634. The molecule has 0 aliphatic carbocycles. The Bertz CT molecular complexity index is 476. The van der Waals surface area contributed by atoms with Crippen molar-refractivity contribution in [1.29, 1.82) is 0 Å². The predicted octanol–water partition coefficient (Wildman–Crippen LogP) is 2.27. The maximum Gasteiger partial charge on any atom is 0.0558 e. The lowest BCUT2D eigenvalue weighted by Crippen LogP contribution is -2.59. The van der Waals surface area contributed by atoms with Crippen LogP contribution >= 0.6 is 0 Å². The first kappa shape index (κ1) is 17.4. The summed E-state index contributed by atoms with van der Waals surface area (Å²) in [6.07, 6.45) is 2.02. The molecule has 1 fully saturated rings. The molecule has 2 heterocycles. The lowest BCUT2D eigenvalue weighted by Gasteiger charge is -2.47. The highest BCUT2D eigenvalue weighted by Crippen LogP contribution is 2.23. The van der Waals surface area contributed by atoms with Gasteiger partial charge in [-0.1, -0.05) is 26.8 Å². The summed E-state index contributed by atoms with van der Waals surface area (Å²) >= 11 is 0. The monoisotopic (exact) mass is 305 g/mol. The van der Waals surface area contributed by atoms with Crippen LogP contribution in [0.1, 0.15) is 45.9 Å². The topological polar surface area (TPSA) is 39.6 Å². The van der Waals surface area contributed by atoms with E-state index in [1.54, 1.807) is 0 Å². The van der Waals surface area contributed by atoms with Crippen molar-refractivity contribution in [3.8, 4) is 0 Å². The van der Waals surface area contributed by atoms with Gasteiger partial charge in [-0.25, -0.2) is 0 Å². The molecule has 0 spiro atoms. The fourth-order valence-corrected chi connectivity index (χ4v) is 3.18. The zero-order chi connectivity index (χ0) is 16.4. The minimum Gasteiger partial charge on any atom is -0.395 e. The Labute approximate surface area is 135 Å². The molecule has 0 radical (unpaired) electrons. The third-order valence-electron chi connectivity index (χ3n) is 4.52. The van der Waals surface area contributed by atoms with Crippen molar-refractivity contribution in [3.05, 3.63) is 29.6 Å². The van der Waals surface area contributed by atoms with Crippen LogP contribution in [0.25, 0.3) is 0 Å². The van der Waals surface area contributed by atoms with E-state index in [1.807, 2.05) is 6.20 Å². The molecule has 0 aromatic carbocycles. The Morgan fingerprint density at radius 3 is 2.45 bits per heavy atom. The highest BCUT2D eigenvalue weighted by atomic mass is 16.3. The van der Waals surface area contributed by atoms with Crippen molar-refractivity contribution in [3.63, 3.8) is 0 Å². The van der Waals surface area contributed by atoms with Crippen molar-refractivity contribution >= 4 is 0 Å². The van der Waals surface area contributed by atoms with Gasteiger partial charge in [0.15, 0.2) is 0 Å². The third kappa shape index (κ3) is 4.28. The molecular weight excluding hydrogens is 274 g/mol. The largest absolute Gasteiger partial charge is 0.395 e. The van der Waals surface area contributed by atoms with Gasteiger partial charge >= 0.3 is 0 Å². The van der Waals surface area contributed by atoms with Gasteiger partial charge in [-0.05, 0) is 25.5 Å². The average molecular weight is 305 g/mol. The zero-order valence-electron chi connectivity index (χ0n) is 14.8. The molecule has 22 heavy (non-hydrogen) atoms. The van der Waals surface area contributed by atoms with E-state index in [9.17, 15) is 5.11 Å². The highest BCUT2D eigenvalue weighted by Gasteiger charge is 2.33. The quantitative estimate of drug-likeness (QED) is 0.926. The second-order valence-electron chi connectivity index (χ2n) is 8.04. The van der Waals surface area contributed by atoms with Gasteiger partial charge in [-0.15, -0.1) is 0 Å². The van der Waals surface area contributed by atoms with E-state index in [-0.39, 0.29) is 17.6 Å². The molecule has 0 amide bonds. The first-order chi connectivity index (χ1) is 10.2. The molecule has 1 aromatic heterocycles. The first-order valence-corrected chi connectivity index (χ1v) is 8.26. The van der Waals surface area contributed by atoms with Crippen LogP contribution in [0.4, 0.5) is 0 Å². The van der Waals surface area contributed by atoms with Crippen LogP contribution in [0.15, 0.2) is 18.3 Å².